The van der Waals surface area contributed by atoms with E-state index < -0.39 is 0 Å². The van der Waals surface area contributed by atoms with E-state index in [1.165, 1.54) is 5.69 Å². The standard InChI is InChI=1S/C26H28N4O/c1-4-30(5-2)21-11-8-20(9-12-21)24(29-23-17-18(3)14-16-27-23)22-13-10-19-7-6-15-28-25(19)26(22)31/h6-17,24,31H,4-5H2,1-3H3,(H,27,29)/t24-/m0/s1. The average Bonchev–Trinajstić information content (AvgIpc) is 2.80. The SMILES string of the molecule is CCN(CC)c1ccc([C@H](Nc2cc(C)ccn2)c2ccc3cccnc3c2O)cc1. The van der Waals surface area contributed by atoms with Gasteiger partial charge in [0.1, 0.15) is 17.1 Å². The van der Waals surface area contributed by atoms with Gasteiger partial charge in [-0.25, -0.2) is 4.98 Å². The van der Waals surface area contributed by atoms with Crippen LogP contribution in [-0.2, 0) is 0 Å². The first-order valence-corrected chi connectivity index (χ1v) is 10.7. The van der Waals surface area contributed by atoms with Gasteiger partial charge in [0.25, 0.3) is 0 Å². The van der Waals surface area contributed by atoms with E-state index in [-0.39, 0.29) is 11.8 Å². The number of aryl methyl sites for hydroxylation is 1. The number of benzene rings is 2. The first kappa shape index (κ1) is 20.7. The van der Waals surface area contributed by atoms with Crippen LogP contribution in [0.2, 0.25) is 0 Å². The first-order valence-electron chi connectivity index (χ1n) is 10.7. The van der Waals surface area contributed by atoms with Crippen molar-refractivity contribution in [3.8, 4) is 5.75 Å². The van der Waals surface area contributed by atoms with E-state index in [0.29, 0.717) is 5.52 Å². The molecule has 0 spiro atoms. The number of rotatable bonds is 7. The van der Waals surface area contributed by atoms with E-state index in [4.69, 9.17) is 0 Å². The van der Waals surface area contributed by atoms with Gasteiger partial charge in [-0.05, 0) is 62.2 Å². The second kappa shape index (κ2) is 9.04. The third kappa shape index (κ3) is 4.31. The van der Waals surface area contributed by atoms with Crippen LogP contribution in [0.15, 0.2) is 73.1 Å². The molecule has 31 heavy (non-hydrogen) atoms. The van der Waals surface area contributed by atoms with E-state index in [2.05, 4.69) is 58.3 Å². The Morgan fingerprint density at radius 1 is 0.935 bits per heavy atom. The summed E-state index contributed by atoms with van der Waals surface area (Å²) < 4.78 is 0. The molecule has 158 valence electrons. The Morgan fingerprint density at radius 2 is 1.71 bits per heavy atom. The number of aromatic nitrogens is 2. The molecule has 5 nitrogen and oxygen atoms in total. The van der Waals surface area contributed by atoms with Crippen LogP contribution in [0.5, 0.6) is 5.75 Å². The number of phenolic OH excluding ortho intramolecular Hbond substituents is 1. The Hall–Kier alpha value is -3.60. The van der Waals surface area contributed by atoms with Crippen molar-refractivity contribution in [1.82, 2.24) is 9.97 Å². The number of hydrogen-bond acceptors (Lipinski definition) is 5. The largest absolute Gasteiger partial charge is 0.505 e. The lowest BCUT2D eigenvalue weighted by atomic mass is 9.96. The third-order valence-electron chi connectivity index (χ3n) is 5.65. The highest BCUT2D eigenvalue weighted by atomic mass is 16.3. The summed E-state index contributed by atoms with van der Waals surface area (Å²) in [5, 5.41) is 15.5. The minimum atomic E-state index is -0.272. The number of phenols is 1. The molecule has 0 aliphatic heterocycles. The Balaban J connectivity index is 1.79. The average molecular weight is 413 g/mol. The molecule has 0 unspecified atom stereocenters. The molecule has 0 radical (unpaired) electrons. The number of nitrogens with one attached hydrogen (secondary N) is 1. The number of nitrogens with zero attached hydrogens (tertiary/aromatic N) is 3. The summed E-state index contributed by atoms with van der Waals surface area (Å²) in [6, 6.07) is 20.0. The molecule has 0 saturated carbocycles. The molecule has 0 aliphatic rings. The Kier molecular flexibility index (Phi) is 6.03. The maximum absolute atomic E-state index is 11.1. The first-order chi connectivity index (χ1) is 15.1. The van der Waals surface area contributed by atoms with Gasteiger partial charge in [0.15, 0.2) is 0 Å². The van der Waals surface area contributed by atoms with E-state index in [0.717, 1.165) is 41.0 Å². The molecule has 4 rings (SSSR count). The molecular formula is C26H28N4O. The number of anilines is 2. The second-order valence-corrected chi connectivity index (χ2v) is 7.64. The van der Waals surface area contributed by atoms with Crippen LogP contribution in [-0.4, -0.2) is 28.2 Å². The minimum Gasteiger partial charge on any atom is -0.505 e. The highest BCUT2D eigenvalue weighted by Gasteiger charge is 2.21. The summed E-state index contributed by atoms with van der Waals surface area (Å²) in [5.41, 5.74) is 4.72. The predicted octanol–water partition coefficient (Wildman–Crippen LogP) is 5.69. The molecule has 2 aromatic heterocycles. The van der Waals surface area contributed by atoms with Crippen molar-refractivity contribution in [3.05, 3.63) is 89.7 Å². The van der Waals surface area contributed by atoms with Gasteiger partial charge in [-0.3, -0.25) is 4.98 Å². The van der Waals surface area contributed by atoms with Crippen LogP contribution >= 0.6 is 0 Å². The van der Waals surface area contributed by atoms with Crippen LogP contribution in [0.25, 0.3) is 10.9 Å². The maximum atomic E-state index is 11.1. The molecule has 0 saturated heterocycles. The van der Waals surface area contributed by atoms with Crippen LogP contribution in [0.3, 0.4) is 0 Å². The van der Waals surface area contributed by atoms with E-state index >= 15 is 0 Å². The molecule has 2 aromatic carbocycles. The van der Waals surface area contributed by atoms with Gasteiger partial charge in [-0.2, -0.15) is 0 Å². The maximum Gasteiger partial charge on any atom is 0.147 e. The normalized spacial score (nSPS) is 12.0. The third-order valence-corrected chi connectivity index (χ3v) is 5.65. The van der Waals surface area contributed by atoms with Crippen molar-refractivity contribution >= 4 is 22.4 Å². The monoisotopic (exact) mass is 412 g/mol. The number of hydrogen-bond donors (Lipinski definition) is 2. The fourth-order valence-corrected chi connectivity index (χ4v) is 3.95. The van der Waals surface area contributed by atoms with Crippen molar-refractivity contribution in [2.45, 2.75) is 26.8 Å². The lowest BCUT2D eigenvalue weighted by molar-refractivity contribution is 0.471. The van der Waals surface area contributed by atoms with Crippen molar-refractivity contribution in [2.75, 3.05) is 23.3 Å². The lowest BCUT2D eigenvalue weighted by Gasteiger charge is -2.24. The molecule has 2 N–H and O–H groups in total. The predicted molar refractivity (Wildman–Crippen MR) is 128 cm³/mol. The van der Waals surface area contributed by atoms with Crippen LogP contribution in [0.1, 0.15) is 36.6 Å². The molecule has 2 heterocycles. The fraction of sp³-hybridized carbons (Fsp3) is 0.231. The Bertz CT molecular complexity index is 1170. The van der Waals surface area contributed by atoms with Gasteiger partial charge in [0.2, 0.25) is 0 Å². The van der Waals surface area contributed by atoms with Crippen molar-refractivity contribution in [1.29, 1.82) is 0 Å². The molecular weight excluding hydrogens is 384 g/mol. The molecule has 4 aromatic rings. The zero-order valence-electron chi connectivity index (χ0n) is 18.2. The fourth-order valence-electron chi connectivity index (χ4n) is 3.95. The van der Waals surface area contributed by atoms with E-state index in [1.54, 1.807) is 12.4 Å². The van der Waals surface area contributed by atoms with Gasteiger partial charge in [0.05, 0.1) is 6.04 Å². The lowest BCUT2D eigenvalue weighted by Crippen LogP contribution is -2.21. The quantitative estimate of drug-likeness (QED) is 0.408. The summed E-state index contributed by atoms with van der Waals surface area (Å²) in [6.07, 6.45) is 3.50. The van der Waals surface area contributed by atoms with Crippen molar-refractivity contribution < 1.29 is 5.11 Å². The van der Waals surface area contributed by atoms with Crippen molar-refractivity contribution in [3.63, 3.8) is 0 Å². The van der Waals surface area contributed by atoms with Crippen LogP contribution in [0, 0.1) is 6.92 Å². The second-order valence-electron chi connectivity index (χ2n) is 7.64. The topological polar surface area (TPSA) is 61.3 Å². The number of aromatic hydroxyl groups is 1. The zero-order valence-corrected chi connectivity index (χ0v) is 18.2. The summed E-state index contributed by atoms with van der Waals surface area (Å²) in [5.74, 6) is 0.953. The molecule has 1 atom stereocenters. The highest BCUT2D eigenvalue weighted by Crippen LogP contribution is 2.36. The summed E-state index contributed by atoms with van der Waals surface area (Å²) in [7, 11) is 0. The van der Waals surface area contributed by atoms with Crippen LogP contribution in [0.4, 0.5) is 11.5 Å². The Labute approximate surface area is 183 Å². The van der Waals surface area contributed by atoms with E-state index in [1.807, 2.05) is 43.3 Å². The number of pyridine rings is 2. The minimum absolute atomic E-state index is 0.191. The number of fused-ring (bicyclic) bond motifs is 1. The summed E-state index contributed by atoms with van der Waals surface area (Å²) in [4.78, 5) is 11.2. The molecule has 0 fully saturated rings. The van der Waals surface area contributed by atoms with Crippen molar-refractivity contribution in [2.24, 2.45) is 0 Å². The van der Waals surface area contributed by atoms with Crippen LogP contribution < -0.4 is 10.2 Å². The summed E-state index contributed by atoms with van der Waals surface area (Å²) in [6.45, 7) is 8.28. The van der Waals surface area contributed by atoms with Gasteiger partial charge in [0, 0.05) is 42.1 Å². The van der Waals surface area contributed by atoms with Gasteiger partial charge < -0.3 is 15.3 Å². The molecule has 5 heteroatoms. The Morgan fingerprint density at radius 3 is 2.42 bits per heavy atom. The van der Waals surface area contributed by atoms with E-state index in [9.17, 15) is 5.11 Å². The summed E-state index contributed by atoms with van der Waals surface area (Å²) >= 11 is 0. The molecule has 0 bridgehead atoms. The smallest absolute Gasteiger partial charge is 0.147 e. The zero-order chi connectivity index (χ0) is 21.8. The molecule has 0 amide bonds. The highest BCUT2D eigenvalue weighted by molar-refractivity contribution is 5.86. The van der Waals surface area contributed by atoms with Gasteiger partial charge >= 0.3 is 0 Å². The van der Waals surface area contributed by atoms with Gasteiger partial charge in [-0.15, -0.1) is 0 Å². The van der Waals surface area contributed by atoms with Gasteiger partial charge in [-0.1, -0.05) is 30.3 Å². The molecule has 0 aliphatic carbocycles.